The van der Waals surface area contributed by atoms with Crippen LogP contribution in [0, 0.1) is 0 Å². The SMILES string of the molecule is CCN1CC[C@@H](Nc2nc(N)c3c(-c4ccc5nnn(CC(F)F)c5n4)ccn3n2)C(F)(F)C1. The Bertz CT molecular complexity index is 1330. The Balaban J connectivity index is 1.46. The zero-order valence-corrected chi connectivity index (χ0v) is 18.2. The third-order valence-corrected chi connectivity index (χ3v) is 5.91. The summed E-state index contributed by atoms with van der Waals surface area (Å²) in [5.74, 6) is -2.89. The molecule has 5 heterocycles. The molecule has 14 heteroatoms. The van der Waals surface area contributed by atoms with Crippen LogP contribution in [0.5, 0.6) is 0 Å². The number of likely N-dealkylation sites (tertiary alicyclic amines) is 1. The van der Waals surface area contributed by atoms with Crippen LogP contribution < -0.4 is 11.1 Å². The number of nitrogens with one attached hydrogen (secondary N) is 1. The monoisotopic (exact) mass is 478 g/mol. The quantitative estimate of drug-likeness (QED) is 0.407. The molecule has 0 radical (unpaired) electrons. The number of aromatic nitrogens is 7. The first kappa shape index (κ1) is 22.3. The topological polar surface area (TPSA) is 115 Å². The maximum Gasteiger partial charge on any atom is 0.280 e. The molecular formula is C20H22F4N10. The lowest BCUT2D eigenvalue weighted by molar-refractivity contribution is -0.0726. The number of hydrogen-bond acceptors (Lipinski definition) is 8. The largest absolute Gasteiger partial charge is 0.382 e. The zero-order chi connectivity index (χ0) is 24.0. The van der Waals surface area contributed by atoms with Gasteiger partial charge in [0.25, 0.3) is 12.3 Å². The lowest BCUT2D eigenvalue weighted by Crippen LogP contribution is -2.54. The predicted molar refractivity (Wildman–Crippen MR) is 117 cm³/mol. The van der Waals surface area contributed by atoms with E-state index in [0.29, 0.717) is 35.4 Å². The first-order valence-electron chi connectivity index (χ1n) is 10.8. The average Bonchev–Trinajstić information content (AvgIpc) is 3.39. The van der Waals surface area contributed by atoms with E-state index in [1.165, 1.54) is 4.52 Å². The number of rotatable bonds is 6. The maximum absolute atomic E-state index is 14.6. The van der Waals surface area contributed by atoms with Crippen molar-refractivity contribution in [3.63, 3.8) is 0 Å². The Labute approximate surface area is 190 Å². The van der Waals surface area contributed by atoms with E-state index in [1.54, 1.807) is 29.3 Å². The Morgan fingerprint density at radius 1 is 1.24 bits per heavy atom. The van der Waals surface area contributed by atoms with E-state index in [9.17, 15) is 17.6 Å². The van der Waals surface area contributed by atoms with Crippen molar-refractivity contribution in [2.75, 3.05) is 30.7 Å². The van der Waals surface area contributed by atoms with Gasteiger partial charge in [-0.25, -0.2) is 31.7 Å². The average molecular weight is 478 g/mol. The number of hydrogen-bond donors (Lipinski definition) is 2. The van der Waals surface area contributed by atoms with Crippen molar-refractivity contribution in [3.8, 4) is 11.3 Å². The summed E-state index contributed by atoms with van der Waals surface area (Å²) in [6, 6.07) is 3.85. The molecule has 180 valence electrons. The molecule has 34 heavy (non-hydrogen) atoms. The second-order valence-electron chi connectivity index (χ2n) is 8.16. The molecule has 3 N–H and O–H groups in total. The summed E-state index contributed by atoms with van der Waals surface area (Å²) in [6.45, 7) is 1.98. The molecule has 4 aromatic rings. The molecule has 1 aliphatic heterocycles. The second kappa shape index (κ2) is 8.34. The highest BCUT2D eigenvalue weighted by molar-refractivity contribution is 5.88. The van der Waals surface area contributed by atoms with Crippen LogP contribution in [0.15, 0.2) is 24.4 Å². The van der Waals surface area contributed by atoms with Crippen LogP contribution >= 0.6 is 0 Å². The van der Waals surface area contributed by atoms with Crippen LogP contribution in [-0.2, 0) is 6.54 Å². The zero-order valence-electron chi connectivity index (χ0n) is 18.2. The number of nitrogens with two attached hydrogens (primary N) is 1. The van der Waals surface area contributed by atoms with Crippen LogP contribution in [0.25, 0.3) is 27.9 Å². The van der Waals surface area contributed by atoms with Gasteiger partial charge >= 0.3 is 0 Å². The standard InChI is InChI=1S/C20H22F4N10/c1-2-32-7-6-14(20(23,24)10-32)27-19-28-17(25)16-11(5-8-33(16)30-19)12-3-4-13-18(26-12)34(31-29-13)9-15(21)22/h3-5,8,14-15H,2,6-7,9-10H2,1H3,(H3,25,27,28,30)/t14-/m1/s1. The molecule has 0 unspecified atom stereocenters. The fourth-order valence-corrected chi connectivity index (χ4v) is 4.19. The van der Waals surface area contributed by atoms with Crippen molar-refractivity contribution >= 4 is 28.4 Å². The first-order chi connectivity index (χ1) is 16.2. The molecule has 1 atom stereocenters. The van der Waals surface area contributed by atoms with Crippen molar-refractivity contribution in [1.29, 1.82) is 0 Å². The van der Waals surface area contributed by atoms with Gasteiger partial charge in [-0.1, -0.05) is 12.1 Å². The van der Waals surface area contributed by atoms with Gasteiger partial charge < -0.3 is 11.1 Å². The number of piperidine rings is 1. The summed E-state index contributed by atoms with van der Waals surface area (Å²) in [4.78, 5) is 10.3. The number of halogens is 4. The van der Waals surface area contributed by atoms with Crippen molar-refractivity contribution in [3.05, 3.63) is 24.4 Å². The molecule has 10 nitrogen and oxygen atoms in total. The third-order valence-electron chi connectivity index (χ3n) is 5.91. The van der Waals surface area contributed by atoms with Crippen molar-refractivity contribution in [2.24, 2.45) is 0 Å². The van der Waals surface area contributed by atoms with E-state index in [1.807, 2.05) is 6.92 Å². The van der Waals surface area contributed by atoms with Crippen LogP contribution in [0.4, 0.5) is 29.3 Å². The molecule has 1 saturated heterocycles. The number of pyridine rings is 1. The van der Waals surface area contributed by atoms with E-state index in [2.05, 4.69) is 30.7 Å². The van der Waals surface area contributed by atoms with Crippen LogP contribution in [-0.4, -0.2) is 77.5 Å². The molecule has 5 rings (SSSR count). The fraction of sp³-hybridized carbons (Fsp3) is 0.450. The molecular weight excluding hydrogens is 456 g/mol. The lowest BCUT2D eigenvalue weighted by Gasteiger charge is -2.38. The van der Waals surface area contributed by atoms with E-state index >= 15 is 0 Å². The van der Waals surface area contributed by atoms with Gasteiger partial charge in [0.05, 0.1) is 18.3 Å². The van der Waals surface area contributed by atoms with Gasteiger partial charge in [-0.2, -0.15) is 4.98 Å². The molecule has 4 aromatic heterocycles. The minimum atomic E-state index is -2.95. The minimum Gasteiger partial charge on any atom is -0.382 e. The number of anilines is 2. The predicted octanol–water partition coefficient (Wildman–Crippen LogP) is 2.52. The third kappa shape index (κ3) is 3.97. The fourth-order valence-electron chi connectivity index (χ4n) is 4.19. The number of alkyl halides is 4. The summed E-state index contributed by atoms with van der Waals surface area (Å²) in [5.41, 5.74) is 8.16. The normalized spacial score (nSPS) is 18.8. The van der Waals surface area contributed by atoms with Gasteiger partial charge in [0.15, 0.2) is 11.5 Å². The number of nitrogens with zero attached hydrogens (tertiary/aromatic N) is 8. The van der Waals surface area contributed by atoms with Gasteiger partial charge in [-0.15, -0.1) is 10.2 Å². The van der Waals surface area contributed by atoms with E-state index in [-0.39, 0.29) is 30.4 Å². The van der Waals surface area contributed by atoms with Gasteiger partial charge in [-0.3, -0.25) is 4.90 Å². The van der Waals surface area contributed by atoms with Crippen molar-refractivity contribution < 1.29 is 17.6 Å². The molecule has 0 aliphatic carbocycles. The Kier molecular flexibility index (Phi) is 5.46. The molecule has 0 bridgehead atoms. The van der Waals surface area contributed by atoms with Crippen LogP contribution in [0.1, 0.15) is 13.3 Å². The Morgan fingerprint density at radius 3 is 2.79 bits per heavy atom. The Morgan fingerprint density at radius 2 is 2.06 bits per heavy atom. The summed E-state index contributed by atoms with van der Waals surface area (Å²) in [5, 5.41) is 14.6. The van der Waals surface area contributed by atoms with Gasteiger partial charge in [0.2, 0.25) is 5.95 Å². The molecule has 0 aromatic carbocycles. The van der Waals surface area contributed by atoms with Crippen LogP contribution in [0.2, 0.25) is 0 Å². The minimum absolute atomic E-state index is 0.00982. The maximum atomic E-state index is 14.6. The van der Waals surface area contributed by atoms with Crippen molar-refractivity contribution in [1.82, 2.24) is 39.5 Å². The van der Waals surface area contributed by atoms with Gasteiger partial charge in [0, 0.05) is 18.3 Å². The lowest BCUT2D eigenvalue weighted by atomic mass is 10.0. The molecule has 1 fully saturated rings. The number of fused-ring (bicyclic) bond motifs is 2. The van der Waals surface area contributed by atoms with Gasteiger partial charge in [-0.05, 0) is 31.2 Å². The van der Waals surface area contributed by atoms with E-state index in [4.69, 9.17) is 5.73 Å². The van der Waals surface area contributed by atoms with Crippen LogP contribution in [0.3, 0.4) is 0 Å². The van der Waals surface area contributed by atoms with E-state index < -0.39 is 24.9 Å². The van der Waals surface area contributed by atoms with E-state index in [0.717, 1.165) is 4.68 Å². The highest BCUT2D eigenvalue weighted by Crippen LogP contribution is 2.31. The summed E-state index contributed by atoms with van der Waals surface area (Å²) in [6.07, 6.45) is -0.766. The molecule has 0 amide bonds. The number of nitrogen functional groups attached to an aromatic ring is 1. The highest BCUT2D eigenvalue weighted by Gasteiger charge is 2.44. The van der Waals surface area contributed by atoms with Gasteiger partial charge in [0.1, 0.15) is 17.6 Å². The molecule has 0 saturated carbocycles. The Hall–Kier alpha value is -3.55. The van der Waals surface area contributed by atoms with Crippen molar-refractivity contribution in [2.45, 2.75) is 38.3 Å². The second-order valence-corrected chi connectivity index (χ2v) is 8.16. The smallest absolute Gasteiger partial charge is 0.280 e. The summed E-state index contributed by atoms with van der Waals surface area (Å²) in [7, 11) is 0. The summed E-state index contributed by atoms with van der Waals surface area (Å²) >= 11 is 0. The molecule has 1 aliphatic rings. The summed E-state index contributed by atoms with van der Waals surface area (Å²) < 4.78 is 57.3. The first-order valence-corrected chi connectivity index (χ1v) is 10.8. The highest BCUT2D eigenvalue weighted by atomic mass is 19.3. The molecule has 0 spiro atoms.